The van der Waals surface area contributed by atoms with Crippen molar-refractivity contribution >= 4 is 23.2 Å². The summed E-state index contributed by atoms with van der Waals surface area (Å²) < 4.78 is 5.33. The highest BCUT2D eigenvalue weighted by molar-refractivity contribution is 6.30. The summed E-state index contributed by atoms with van der Waals surface area (Å²) in [5.41, 5.74) is 1.01. The molecule has 0 aliphatic carbocycles. The van der Waals surface area contributed by atoms with Crippen LogP contribution in [0.1, 0.15) is 6.92 Å². The zero-order valence-corrected chi connectivity index (χ0v) is 8.61. The third-order valence-corrected chi connectivity index (χ3v) is 2.14. The number of ether oxygens (including phenoxy) is 1. The van der Waals surface area contributed by atoms with Crippen LogP contribution in [0.2, 0.25) is 0 Å². The Morgan fingerprint density at radius 1 is 1.43 bits per heavy atom. The summed E-state index contributed by atoms with van der Waals surface area (Å²) in [7, 11) is 0. The van der Waals surface area contributed by atoms with Crippen molar-refractivity contribution < 1.29 is 4.74 Å². The quantitative estimate of drug-likeness (QED) is 0.701. The van der Waals surface area contributed by atoms with E-state index in [4.69, 9.17) is 16.3 Å². The molecule has 74 valence electrons. The average molecular weight is 211 g/mol. The normalized spacial score (nSPS) is 17.6. The van der Waals surface area contributed by atoms with Crippen LogP contribution < -0.4 is 5.01 Å². The lowest BCUT2D eigenvalue weighted by Crippen LogP contribution is -2.12. The second-order valence-corrected chi connectivity index (χ2v) is 3.72. The van der Waals surface area contributed by atoms with E-state index in [0.29, 0.717) is 12.6 Å². The molecular weight excluding hydrogens is 200 g/mol. The van der Waals surface area contributed by atoms with Gasteiger partial charge in [-0.2, -0.15) is 0 Å². The van der Waals surface area contributed by atoms with Gasteiger partial charge in [0.1, 0.15) is 5.38 Å². The minimum atomic E-state index is -0.177. The first kappa shape index (κ1) is 9.34. The predicted octanol–water partition coefficient (Wildman–Crippen LogP) is 2.42. The Morgan fingerprint density at radius 3 is 2.71 bits per heavy atom. The van der Waals surface area contributed by atoms with Gasteiger partial charge in [0.25, 0.3) is 0 Å². The Kier molecular flexibility index (Phi) is 2.59. The van der Waals surface area contributed by atoms with E-state index >= 15 is 0 Å². The number of rotatable bonds is 2. The number of hydrogen-bond acceptors (Lipinski definition) is 3. The molecule has 0 spiro atoms. The molecule has 1 unspecified atom stereocenters. The molecule has 1 aliphatic rings. The van der Waals surface area contributed by atoms with Crippen LogP contribution in [0.15, 0.2) is 35.4 Å². The molecule has 0 radical (unpaired) electrons. The molecule has 4 heteroatoms. The molecule has 0 amide bonds. The molecule has 0 fully saturated rings. The van der Waals surface area contributed by atoms with Crippen molar-refractivity contribution in [3.05, 3.63) is 30.3 Å². The average Bonchev–Trinajstić information content (AvgIpc) is 2.68. The fraction of sp³-hybridized carbons (Fsp3) is 0.300. The standard InChI is InChI=1S/C10H11ClN2O/c1-8(11)10-12-13(7-14-10)9-5-3-2-4-6-9/h2-6,8H,7H2,1H3. The fourth-order valence-electron chi connectivity index (χ4n) is 1.23. The first-order valence-electron chi connectivity index (χ1n) is 4.45. The van der Waals surface area contributed by atoms with Crippen LogP contribution in [0.5, 0.6) is 0 Å². The van der Waals surface area contributed by atoms with Crippen LogP contribution in [0.4, 0.5) is 5.69 Å². The molecule has 0 aromatic heterocycles. The molecule has 14 heavy (non-hydrogen) atoms. The van der Waals surface area contributed by atoms with E-state index in [0.717, 1.165) is 5.69 Å². The highest BCUT2D eigenvalue weighted by atomic mass is 35.5. The summed E-state index contributed by atoms with van der Waals surface area (Å²) in [5.74, 6) is 0.579. The number of anilines is 1. The van der Waals surface area contributed by atoms with Gasteiger partial charge < -0.3 is 4.74 Å². The van der Waals surface area contributed by atoms with Crippen molar-refractivity contribution in [3.8, 4) is 0 Å². The van der Waals surface area contributed by atoms with E-state index < -0.39 is 0 Å². The maximum Gasteiger partial charge on any atom is 0.226 e. The lowest BCUT2D eigenvalue weighted by atomic mass is 10.3. The van der Waals surface area contributed by atoms with E-state index in [9.17, 15) is 0 Å². The van der Waals surface area contributed by atoms with Crippen LogP contribution in [0.25, 0.3) is 0 Å². The highest BCUT2D eigenvalue weighted by Crippen LogP contribution is 2.18. The second-order valence-electron chi connectivity index (χ2n) is 3.06. The third-order valence-electron chi connectivity index (χ3n) is 1.95. The number of alkyl halides is 1. The van der Waals surface area contributed by atoms with Crippen LogP contribution in [0, 0.1) is 0 Å². The number of para-hydroxylation sites is 1. The fourth-order valence-corrected chi connectivity index (χ4v) is 1.34. The molecular formula is C10H11ClN2O. The Bertz CT molecular complexity index is 337. The second kappa shape index (κ2) is 3.88. The van der Waals surface area contributed by atoms with Crippen molar-refractivity contribution in [2.24, 2.45) is 5.10 Å². The summed E-state index contributed by atoms with van der Waals surface area (Å²) in [6, 6.07) is 9.86. The number of benzene rings is 1. The zero-order valence-electron chi connectivity index (χ0n) is 7.85. The van der Waals surface area contributed by atoms with Gasteiger partial charge >= 0.3 is 0 Å². The lowest BCUT2D eigenvalue weighted by molar-refractivity contribution is 0.330. The Labute approximate surface area is 87.9 Å². The number of halogens is 1. The first-order chi connectivity index (χ1) is 6.77. The molecule has 1 heterocycles. The Hall–Kier alpha value is -1.22. The van der Waals surface area contributed by atoms with Gasteiger partial charge in [-0.1, -0.05) is 18.2 Å². The van der Waals surface area contributed by atoms with Gasteiger partial charge in [-0.3, -0.25) is 0 Å². The largest absolute Gasteiger partial charge is 0.455 e. The SMILES string of the molecule is CC(Cl)C1=NN(c2ccccc2)CO1. The molecule has 1 atom stereocenters. The predicted molar refractivity (Wildman–Crippen MR) is 57.6 cm³/mol. The molecule has 0 saturated heterocycles. The molecule has 2 rings (SSSR count). The first-order valence-corrected chi connectivity index (χ1v) is 4.89. The van der Waals surface area contributed by atoms with Gasteiger partial charge in [-0.05, 0) is 19.1 Å². The van der Waals surface area contributed by atoms with Crippen LogP contribution >= 0.6 is 11.6 Å². The molecule has 0 N–H and O–H groups in total. The van der Waals surface area contributed by atoms with E-state index in [1.807, 2.05) is 37.3 Å². The number of hydrogen-bond donors (Lipinski definition) is 0. The van der Waals surface area contributed by atoms with Crippen LogP contribution in [-0.2, 0) is 4.74 Å². The molecule has 0 saturated carbocycles. The van der Waals surface area contributed by atoms with E-state index in [1.165, 1.54) is 0 Å². The lowest BCUT2D eigenvalue weighted by Gasteiger charge is -2.09. The van der Waals surface area contributed by atoms with Crippen LogP contribution in [0.3, 0.4) is 0 Å². The molecule has 1 aliphatic heterocycles. The maximum absolute atomic E-state index is 5.85. The highest BCUT2D eigenvalue weighted by Gasteiger charge is 2.19. The van der Waals surface area contributed by atoms with E-state index in [1.54, 1.807) is 5.01 Å². The third kappa shape index (κ3) is 1.82. The van der Waals surface area contributed by atoms with Gasteiger partial charge in [0.2, 0.25) is 5.90 Å². The van der Waals surface area contributed by atoms with E-state index in [-0.39, 0.29) is 5.38 Å². The summed E-state index contributed by atoms with van der Waals surface area (Å²) >= 11 is 5.85. The topological polar surface area (TPSA) is 24.8 Å². The van der Waals surface area contributed by atoms with Gasteiger partial charge in [0.05, 0.1) is 5.69 Å². The number of hydrazone groups is 1. The summed E-state index contributed by atoms with van der Waals surface area (Å²) in [6.07, 6.45) is 0. The Morgan fingerprint density at radius 2 is 2.14 bits per heavy atom. The Balaban J connectivity index is 2.16. The van der Waals surface area contributed by atoms with Gasteiger partial charge in [0, 0.05) is 0 Å². The smallest absolute Gasteiger partial charge is 0.226 e. The van der Waals surface area contributed by atoms with Crippen molar-refractivity contribution in [1.82, 2.24) is 0 Å². The maximum atomic E-state index is 5.85. The molecule has 3 nitrogen and oxygen atoms in total. The summed E-state index contributed by atoms with van der Waals surface area (Å²) in [6.45, 7) is 2.28. The number of nitrogens with zero attached hydrogens (tertiary/aromatic N) is 2. The monoisotopic (exact) mass is 210 g/mol. The van der Waals surface area contributed by atoms with Crippen molar-refractivity contribution in [2.45, 2.75) is 12.3 Å². The van der Waals surface area contributed by atoms with Crippen molar-refractivity contribution in [1.29, 1.82) is 0 Å². The van der Waals surface area contributed by atoms with Gasteiger partial charge in [0.15, 0.2) is 6.73 Å². The van der Waals surface area contributed by atoms with Crippen LogP contribution in [-0.4, -0.2) is 18.0 Å². The minimum absolute atomic E-state index is 0.177. The molecule has 1 aromatic rings. The van der Waals surface area contributed by atoms with Crippen molar-refractivity contribution in [2.75, 3.05) is 11.7 Å². The van der Waals surface area contributed by atoms with E-state index in [2.05, 4.69) is 5.10 Å². The summed E-state index contributed by atoms with van der Waals surface area (Å²) in [4.78, 5) is 0. The minimum Gasteiger partial charge on any atom is -0.455 e. The molecule has 1 aromatic carbocycles. The van der Waals surface area contributed by atoms with Crippen molar-refractivity contribution in [3.63, 3.8) is 0 Å². The van der Waals surface area contributed by atoms with Gasteiger partial charge in [-0.15, -0.1) is 16.7 Å². The zero-order chi connectivity index (χ0) is 9.97. The van der Waals surface area contributed by atoms with Gasteiger partial charge in [-0.25, -0.2) is 5.01 Å². The molecule has 0 bridgehead atoms. The summed E-state index contributed by atoms with van der Waals surface area (Å²) in [5, 5.41) is 5.86.